The molecule has 27 heavy (non-hydrogen) atoms. The first-order valence-corrected chi connectivity index (χ1v) is 9.31. The quantitative estimate of drug-likeness (QED) is 0.597. The molecule has 144 valence electrons. The number of hydrogen-bond donors (Lipinski definition) is 0. The SMILES string of the molecule is C=Cc1ccc(C(COCC(c2ccc(C=C)cc2)N(C)C)N(C)C)cc1. The van der Waals surface area contributed by atoms with Crippen molar-refractivity contribution in [3.05, 3.63) is 83.9 Å². The largest absolute Gasteiger partial charge is 0.377 e. The van der Waals surface area contributed by atoms with Gasteiger partial charge in [-0.1, -0.05) is 73.8 Å². The highest BCUT2D eigenvalue weighted by Crippen LogP contribution is 2.23. The number of ether oxygens (including phenoxy) is 1. The van der Waals surface area contributed by atoms with Gasteiger partial charge in [0.15, 0.2) is 0 Å². The van der Waals surface area contributed by atoms with E-state index in [2.05, 4.69) is 99.7 Å². The number of hydrogen-bond acceptors (Lipinski definition) is 3. The highest BCUT2D eigenvalue weighted by atomic mass is 16.5. The van der Waals surface area contributed by atoms with Crippen LogP contribution < -0.4 is 0 Å². The van der Waals surface area contributed by atoms with Gasteiger partial charge in [-0.3, -0.25) is 0 Å². The van der Waals surface area contributed by atoms with Crippen molar-refractivity contribution in [2.45, 2.75) is 12.1 Å². The summed E-state index contributed by atoms with van der Waals surface area (Å²) in [5.74, 6) is 0. The molecule has 0 bridgehead atoms. The van der Waals surface area contributed by atoms with Gasteiger partial charge in [-0.05, 0) is 50.4 Å². The first-order chi connectivity index (χ1) is 13.0. The molecule has 0 aliphatic carbocycles. The van der Waals surface area contributed by atoms with Crippen LogP contribution in [0, 0.1) is 0 Å². The average Bonchev–Trinajstić information content (AvgIpc) is 2.68. The molecule has 0 aliphatic heterocycles. The molecule has 3 nitrogen and oxygen atoms in total. The first-order valence-electron chi connectivity index (χ1n) is 9.31. The molecule has 0 saturated carbocycles. The zero-order valence-electron chi connectivity index (χ0n) is 17.1. The van der Waals surface area contributed by atoms with Crippen LogP contribution in [0.5, 0.6) is 0 Å². The minimum atomic E-state index is 0.217. The Kier molecular flexibility index (Phi) is 7.99. The lowest BCUT2D eigenvalue weighted by Crippen LogP contribution is -2.28. The van der Waals surface area contributed by atoms with Crippen LogP contribution in [0.25, 0.3) is 12.2 Å². The van der Waals surface area contributed by atoms with Crippen molar-refractivity contribution >= 4 is 12.2 Å². The molecule has 2 unspecified atom stereocenters. The summed E-state index contributed by atoms with van der Waals surface area (Å²) in [5.41, 5.74) is 4.77. The number of nitrogens with zero attached hydrogens (tertiary/aromatic N) is 2. The van der Waals surface area contributed by atoms with E-state index >= 15 is 0 Å². The standard InChI is InChI=1S/C24H32N2O/c1-7-19-9-13-21(14-10-19)23(25(3)4)17-27-18-24(26(5)6)22-15-11-20(8-2)12-16-22/h7-16,23-24H,1-2,17-18H2,3-6H3. The molecule has 2 rings (SSSR count). The molecule has 0 heterocycles. The molecule has 2 atom stereocenters. The Labute approximate surface area is 164 Å². The van der Waals surface area contributed by atoms with Crippen molar-refractivity contribution < 1.29 is 4.74 Å². The van der Waals surface area contributed by atoms with Crippen LogP contribution in [-0.2, 0) is 4.74 Å². The third-order valence-corrected chi connectivity index (χ3v) is 4.91. The Morgan fingerprint density at radius 2 is 1.04 bits per heavy atom. The predicted octanol–water partition coefficient (Wildman–Crippen LogP) is 4.89. The van der Waals surface area contributed by atoms with Gasteiger partial charge >= 0.3 is 0 Å². The molecule has 3 heteroatoms. The second-order valence-electron chi connectivity index (χ2n) is 7.24. The summed E-state index contributed by atoms with van der Waals surface area (Å²) >= 11 is 0. The zero-order chi connectivity index (χ0) is 19.8. The van der Waals surface area contributed by atoms with Crippen LogP contribution >= 0.6 is 0 Å². The summed E-state index contributed by atoms with van der Waals surface area (Å²) in [6, 6.07) is 17.5. The van der Waals surface area contributed by atoms with Crippen molar-refractivity contribution in [3.8, 4) is 0 Å². The molecule has 0 radical (unpaired) electrons. The smallest absolute Gasteiger partial charge is 0.0664 e. The minimum Gasteiger partial charge on any atom is -0.377 e. The highest BCUT2D eigenvalue weighted by molar-refractivity contribution is 5.48. The Morgan fingerprint density at radius 3 is 1.30 bits per heavy atom. The Hall–Kier alpha value is -2.20. The van der Waals surface area contributed by atoms with E-state index in [9.17, 15) is 0 Å². The number of benzene rings is 2. The summed E-state index contributed by atoms with van der Waals surface area (Å²) in [7, 11) is 8.36. The van der Waals surface area contributed by atoms with Crippen LogP contribution in [0.3, 0.4) is 0 Å². The van der Waals surface area contributed by atoms with E-state index in [4.69, 9.17) is 4.74 Å². The molecule has 0 saturated heterocycles. The van der Waals surface area contributed by atoms with E-state index in [-0.39, 0.29) is 12.1 Å². The van der Waals surface area contributed by atoms with Gasteiger partial charge in [0.25, 0.3) is 0 Å². The second-order valence-corrected chi connectivity index (χ2v) is 7.24. The molecule has 2 aromatic rings. The third-order valence-electron chi connectivity index (χ3n) is 4.91. The maximum atomic E-state index is 6.18. The van der Waals surface area contributed by atoms with Gasteiger partial charge in [-0.15, -0.1) is 0 Å². The van der Waals surface area contributed by atoms with E-state index in [1.54, 1.807) is 0 Å². The fraction of sp³-hybridized carbons (Fsp3) is 0.333. The molecule has 0 N–H and O–H groups in total. The maximum absolute atomic E-state index is 6.18. The van der Waals surface area contributed by atoms with E-state index in [0.717, 1.165) is 11.1 Å². The van der Waals surface area contributed by atoms with Crippen molar-refractivity contribution in [2.75, 3.05) is 41.4 Å². The minimum absolute atomic E-state index is 0.217. The van der Waals surface area contributed by atoms with Crippen molar-refractivity contribution in [3.63, 3.8) is 0 Å². The lowest BCUT2D eigenvalue weighted by atomic mass is 10.0. The van der Waals surface area contributed by atoms with Gasteiger partial charge in [0, 0.05) is 0 Å². The summed E-state index contributed by atoms with van der Waals surface area (Å²) < 4.78 is 6.18. The Balaban J connectivity index is 2.03. The monoisotopic (exact) mass is 364 g/mol. The van der Waals surface area contributed by atoms with Crippen LogP contribution in [-0.4, -0.2) is 51.2 Å². The average molecular weight is 365 g/mol. The van der Waals surface area contributed by atoms with Gasteiger partial charge in [-0.2, -0.15) is 0 Å². The van der Waals surface area contributed by atoms with Crippen molar-refractivity contribution in [1.82, 2.24) is 9.80 Å². The van der Waals surface area contributed by atoms with Gasteiger partial charge in [0.2, 0.25) is 0 Å². The van der Waals surface area contributed by atoms with Gasteiger partial charge in [-0.25, -0.2) is 0 Å². The van der Waals surface area contributed by atoms with Crippen LogP contribution in [0.2, 0.25) is 0 Å². The maximum Gasteiger partial charge on any atom is 0.0664 e. The second kappa shape index (κ2) is 10.2. The first kappa shape index (κ1) is 21.1. The van der Waals surface area contributed by atoms with E-state index < -0.39 is 0 Å². The van der Waals surface area contributed by atoms with E-state index in [0.29, 0.717) is 13.2 Å². The van der Waals surface area contributed by atoms with E-state index in [1.165, 1.54) is 11.1 Å². The molecule has 0 fully saturated rings. The Bertz CT molecular complexity index is 654. The molecule has 2 aromatic carbocycles. The fourth-order valence-corrected chi connectivity index (χ4v) is 3.09. The summed E-state index contributed by atoms with van der Waals surface area (Å²) in [6.07, 6.45) is 3.73. The van der Waals surface area contributed by atoms with Gasteiger partial charge in [0.05, 0.1) is 25.3 Å². The topological polar surface area (TPSA) is 15.7 Å². The van der Waals surface area contributed by atoms with Crippen molar-refractivity contribution in [2.24, 2.45) is 0 Å². The summed E-state index contributed by atoms with van der Waals surface area (Å²) in [5, 5.41) is 0. The molecule has 0 spiro atoms. The lowest BCUT2D eigenvalue weighted by molar-refractivity contribution is 0.0438. The fourth-order valence-electron chi connectivity index (χ4n) is 3.09. The Morgan fingerprint density at radius 1 is 0.704 bits per heavy atom. The van der Waals surface area contributed by atoms with Crippen LogP contribution in [0.15, 0.2) is 61.7 Å². The molecular weight excluding hydrogens is 332 g/mol. The normalized spacial score (nSPS) is 13.6. The summed E-state index contributed by atoms with van der Waals surface area (Å²) in [6.45, 7) is 8.94. The summed E-state index contributed by atoms with van der Waals surface area (Å²) in [4.78, 5) is 4.40. The van der Waals surface area contributed by atoms with Crippen LogP contribution in [0.4, 0.5) is 0 Å². The molecule has 0 aliphatic rings. The molecular formula is C24H32N2O. The third kappa shape index (κ3) is 5.90. The predicted molar refractivity (Wildman–Crippen MR) is 117 cm³/mol. The zero-order valence-corrected chi connectivity index (χ0v) is 17.1. The molecule has 0 amide bonds. The molecule has 0 aromatic heterocycles. The van der Waals surface area contributed by atoms with E-state index in [1.807, 2.05) is 12.2 Å². The highest BCUT2D eigenvalue weighted by Gasteiger charge is 2.18. The number of rotatable bonds is 10. The van der Waals surface area contributed by atoms with Crippen LogP contribution in [0.1, 0.15) is 34.3 Å². The van der Waals surface area contributed by atoms with Crippen molar-refractivity contribution in [1.29, 1.82) is 0 Å². The lowest BCUT2D eigenvalue weighted by Gasteiger charge is -2.28. The van der Waals surface area contributed by atoms with Gasteiger partial charge < -0.3 is 14.5 Å². The number of likely N-dealkylation sites (N-methyl/N-ethyl adjacent to an activating group) is 2. The van der Waals surface area contributed by atoms with Gasteiger partial charge in [0.1, 0.15) is 0 Å².